The van der Waals surface area contributed by atoms with Crippen molar-refractivity contribution in [2.75, 3.05) is 7.11 Å². The van der Waals surface area contributed by atoms with Crippen molar-refractivity contribution in [3.8, 4) is 17.0 Å². The molecule has 0 aliphatic rings. The lowest BCUT2D eigenvalue weighted by Gasteiger charge is -2.17. The normalized spacial score (nSPS) is 13.0. The molecule has 0 fully saturated rings. The van der Waals surface area contributed by atoms with Gasteiger partial charge in [0.2, 0.25) is 11.7 Å². The van der Waals surface area contributed by atoms with Crippen molar-refractivity contribution in [3.05, 3.63) is 41.3 Å². The monoisotopic (exact) mass is 390 g/mol. The average Bonchev–Trinajstić information content (AvgIpc) is 2.51. The molecule has 0 radical (unpaired) electrons. The van der Waals surface area contributed by atoms with E-state index in [2.05, 4.69) is 14.7 Å². The number of nitrogens with zero attached hydrogens (tertiary/aromatic N) is 2. The van der Waals surface area contributed by atoms with E-state index < -0.39 is 52.6 Å². The fourth-order valence-electron chi connectivity index (χ4n) is 2.01. The van der Waals surface area contributed by atoms with E-state index in [1.54, 1.807) is 0 Å². The van der Waals surface area contributed by atoms with Crippen molar-refractivity contribution in [1.29, 1.82) is 0 Å². The van der Waals surface area contributed by atoms with Gasteiger partial charge in [-0.25, -0.2) is 4.98 Å². The second-order valence-electron chi connectivity index (χ2n) is 4.85. The summed E-state index contributed by atoms with van der Waals surface area (Å²) in [5.41, 5.74) is -4.62. The standard InChI is InChI=1S/C14H7F9N2O/c1-26-10-8(6-2-4-7(5-3-6)12(15,16)17)9(13(18,19)20)24-11(25-10)14(21,22)23/h2-5H,1H3. The highest BCUT2D eigenvalue weighted by Crippen LogP contribution is 2.42. The minimum atomic E-state index is -5.34. The molecule has 0 aliphatic heterocycles. The van der Waals surface area contributed by atoms with Gasteiger partial charge in [0.15, 0.2) is 5.69 Å². The summed E-state index contributed by atoms with van der Waals surface area (Å²) in [7, 11) is 0.774. The number of benzene rings is 1. The molecule has 0 bridgehead atoms. The number of ether oxygens (including phenoxy) is 1. The third-order valence-electron chi connectivity index (χ3n) is 3.09. The summed E-state index contributed by atoms with van der Waals surface area (Å²) in [4.78, 5) is 5.41. The van der Waals surface area contributed by atoms with Crippen LogP contribution in [0.15, 0.2) is 24.3 Å². The molecular formula is C14H7F9N2O. The van der Waals surface area contributed by atoms with Crippen LogP contribution in [0.4, 0.5) is 39.5 Å². The molecule has 0 amide bonds. The third kappa shape index (κ3) is 3.99. The fraction of sp³-hybridized carbons (Fsp3) is 0.286. The number of halogens is 9. The van der Waals surface area contributed by atoms with Crippen molar-refractivity contribution in [3.63, 3.8) is 0 Å². The van der Waals surface area contributed by atoms with Crippen molar-refractivity contribution < 1.29 is 44.3 Å². The van der Waals surface area contributed by atoms with Crippen molar-refractivity contribution in [2.45, 2.75) is 18.5 Å². The molecule has 12 heteroatoms. The van der Waals surface area contributed by atoms with Gasteiger partial charge in [0.1, 0.15) is 0 Å². The molecule has 1 heterocycles. The van der Waals surface area contributed by atoms with Crippen LogP contribution < -0.4 is 4.74 Å². The SMILES string of the molecule is COc1nc(C(F)(F)F)nc(C(F)(F)F)c1-c1ccc(C(F)(F)F)cc1. The van der Waals surface area contributed by atoms with E-state index in [0.717, 1.165) is 7.11 Å². The Labute approximate surface area is 139 Å². The van der Waals surface area contributed by atoms with Crippen LogP contribution in [0, 0.1) is 0 Å². The van der Waals surface area contributed by atoms with Gasteiger partial charge in [0, 0.05) is 0 Å². The fourth-order valence-corrected chi connectivity index (χ4v) is 2.01. The van der Waals surface area contributed by atoms with Gasteiger partial charge in [0.25, 0.3) is 0 Å². The predicted molar refractivity (Wildman–Crippen MR) is 69.0 cm³/mol. The smallest absolute Gasteiger partial charge is 0.451 e. The van der Waals surface area contributed by atoms with E-state index in [1.165, 1.54) is 0 Å². The lowest BCUT2D eigenvalue weighted by Crippen LogP contribution is -2.19. The molecule has 1 aromatic carbocycles. The van der Waals surface area contributed by atoms with Gasteiger partial charge in [-0.1, -0.05) is 12.1 Å². The molecule has 2 aromatic rings. The zero-order chi connectivity index (χ0) is 19.9. The molecule has 0 unspecified atom stereocenters. The Morgan fingerprint density at radius 1 is 0.731 bits per heavy atom. The molecule has 0 atom stereocenters. The molecule has 26 heavy (non-hydrogen) atoms. The highest BCUT2D eigenvalue weighted by Gasteiger charge is 2.43. The van der Waals surface area contributed by atoms with Crippen LogP contribution >= 0.6 is 0 Å². The van der Waals surface area contributed by atoms with E-state index in [1.807, 2.05) is 0 Å². The van der Waals surface area contributed by atoms with Crippen LogP contribution in [-0.4, -0.2) is 17.1 Å². The second-order valence-corrected chi connectivity index (χ2v) is 4.85. The van der Waals surface area contributed by atoms with Crippen LogP contribution in [0.25, 0.3) is 11.1 Å². The zero-order valence-corrected chi connectivity index (χ0v) is 12.5. The number of hydrogen-bond donors (Lipinski definition) is 0. The highest BCUT2D eigenvalue weighted by molar-refractivity contribution is 5.72. The van der Waals surface area contributed by atoms with Crippen LogP contribution in [-0.2, 0) is 18.5 Å². The summed E-state index contributed by atoms with van der Waals surface area (Å²) < 4.78 is 120. The lowest BCUT2D eigenvalue weighted by atomic mass is 10.0. The van der Waals surface area contributed by atoms with Gasteiger partial charge >= 0.3 is 18.5 Å². The maximum atomic E-state index is 13.2. The van der Waals surface area contributed by atoms with E-state index in [4.69, 9.17) is 0 Å². The summed E-state index contributed by atoms with van der Waals surface area (Å²) in [6, 6.07) is 2.28. The summed E-state index contributed by atoms with van der Waals surface area (Å²) in [6.07, 6.45) is -15.4. The molecule has 142 valence electrons. The van der Waals surface area contributed by atoms with E-state index in [-0.39, 0.29) is 0 Å². The Balaban J connectivity index is 2.74. The molecule has 0 N–H and O–H groups in total. The molecule has 0 saturated heterocycles. The van der Waals surface area contributed by atoms with Gasteiger partial charge < -0.3 is 4.74 Å². The predicted octanol–water partition coefficient (Wildman–Crippen LogP) is 5.21. The molecule has 0 spiro atoms. The molecule has 2 rings (SSSR count). The van der Waals surface area contributed by atoms with Crippen LogP contribution in [0.3, 0.4) is 0 Å². The average molecular weight is 390 g/mol. The largest absolute Gasteiger partial charge is 0.480 e. The minimum absolute atomic E-state index is 0.479. The van der Waals surface area contributed by atoms with E-state index >= 15 is 0 Å². The number of alkyl halides is 9. The van der Waals surface area contributed by atoms with Crippen LogP contribution in [0.5, 0.6) is 5.88 Å². The van der Waals surface area contributed by atoms with Crippen LogP contribution in [0.1, 0.15) is 17.1 Å². The minimum Gasteiger partial charge on any atom is -0.480 e. The molecule has 1 aromatic heterocycles. The van der Waals surface area contributed by atoms with Crippen molar-refractivity contribution in [1.82, 2.24) is 9.97 Å². The number of hydrogen-bond acceptors (Lipinski definition) is 3. The Hall–Kier alpha value is -2.53. The highest BCUT2D eigenvalue weighted by atomic mass is 19.4. The number of rotatable bonds is 2. The summed E-state index contributed by atoms with van der Waals surface area (Å²) in [5, 5.41) is 0. The zero-order valence-electron chi connectivity index (χ0n) is 12.5. The quantitative estimate of drug-likeness (QED) is 0.661. The van der Waals surface area contributed by atoms with E-state index in [0.29, 0.717) is 24.3 Å². The summed E-state index contributed by atoms with van der Waals surface area (Å²) >= 11 is 0. The third-order valence-corrected chi connectivity index (χ3v) is 3.09. The van der Waals surface area contributed by atoms with Gasteiger partial charge in [-0.2, -0.15) is 44.5 Å². The van der Waals surface area contributed by atoms with Gasteiger partial charge in [-0.3, -0.25) is 0 Å². The Morgan fingerprint density at radius 3 is 1.65 bits per heavy atom. The first-order valence-corrected chi connectivity index (χ1v) is 6.53. The van der Waals surface area contributed by atoms with Crippen molar-refractivity contribution in [2.24, 2.45) is 0 Å². The maximum Gasteiger partial charge on any atom is 0.451 e. The summed E-state index contributed by atoms with van der Waals surface area (Å²) in [6.45, 7) is 0. The topological polar surface area (TPSA) is 35.0 Å². The van der Waals surface area contributed by atoms with Gasteiger partial charge in [-0.15, -0.1) is 0 Å². The summed E-state index contributed by atoms with van der Waals surface area (Å²) in [5.74, 6) is -3.16. The van der Waals surface area contributed by atoms with Crippen LogP contribution in [0.2, 0.25) is 0 Å². The Bertz CT molecular complexity index is 792. The van der Waals surface area contributed by atoms with Crippen molar-refractivity contribution >= 4 is 0 Å². The molecule has 3 nitrogen and oxygen atoms in total. The first kappa shape index (κ1) is 19.8. The molecular weight excluding hydrogens is 383 g/mol. The Morgan fingerprint density at radius 2 is 1.27 bits per heavy atom. The Kier molecular flexibility index (Phi) is 4.81. The van der Waals surface area contributed by atoms with E-state index in [9.17, 15) is 39.5 Å². The molecule has 0 saturated carbocycles. The van der Waals surface area contributed by atoms with Gasteiger partial charge in [-0.05, 0) is 17.7 Å². The number of aromatic nitrogens is 2. The van der Waals surface area contributed by atoms with Gasteiger partial charge in [0.05, 0.1) is 18.2 Å². The first-order valence-electron chi connectivity index (χ1n) is 6.53. The first-order chi connectivity index (χ1) is 11.7. The second kappa shape index (κ2) is 6.32. The lowest BCUT2D eigenvalue weighted by molar-refractivity contribution is -0.152. The number of methoxy groups -OCH3 is 1. The molecule has 0 aliphatic carbocycles. The maximum absolute atomic E-state index is 13.2.